The molecule has 0 radical (unpaired) electrons. The molecular formula is C14H21NO4. The molecule has 5 heteroatoms. The van der Waals surface area contributed by atoms with Gasteiger partial charge in [0.1, 0.15) is 11.5 Å². The fraction of sp³-hybridized carbons (Fsp3) is 0.500. The van der Waals surface area contributed by atoms with Crippen LogP contribution in [0.5, 0.6) is 11.5 Å². The summed E-state index contributed by atoms with van der Waals surface area (Å²) in [6.45, 7) is 1.18. The van der Waals surface area contributed by atoms with Gasteiger partial charge in [-0.2, -0.15) is 0 Å². The molecule has 5 nitrogen and oxygen atoms in total. The van der Waals surface area contributed by atoms with Gasteiger partial charge in [-0.3, -0.25) is 4.79 Å². The third kappa shape index (κ3) is 5.18. The largest absolute Gasteiger partial charge is 0.497 e. The Morgan fingerprint density at radius 2 is 2.11 bits per heavy atom. The average Bonchev–Trinajstić information content (AvgIpc) is 2.44. The summed E-state index contributed by atoms with van der Waals surface area (Å²) in [5.74, 6) is 1.39. The predicted octanol–water partition coefficient (Wildman–Crippen LogP) is 1.75. The smallest absolute Gasteiger partial charge is 0.305 e. The Morgan fingerprint density at radius 1 is 1.32 bits per heavy atom. The van der Waals surface area contributed by atoms with Crippen molar-refractivity contribution in [2.45, 2.75) is 19.4 Å². The van der Waals surface area contributed by atoms with Crippen molar-refractivity contribution in [1.29, 1.82) is 0 Å². The van der Waals surface area contributed by atoms with E-state index in [-0.39, 0.29) is 5.97 Å². The Labute approximate surface area is 113 Å². The van der Waals surface area contributed by atoms with Crippen molar-refractivity contribution in [3.63, 3.8) is 0 Å². The van der Waals surface area contributed by atoms with Gasteiger partial charge in [0.05, 0.1) is 20.8 Å². The van der Waals surface area contributed by atoms with Gasteiger partial charge in [0.2, 0.25) is 0 Å². The summed E-state index contributed by atoms with van der Waals surface area (Å²) in [5.41, 5.74) is 1.03. The number of benzene rings is 1. The molecule has 0 saturated carbocycles. The Balaban J connectivity index is 2.54. The lowest BCUT2D eigenvalue weighted by molar-refractivity contribution is -0.140. The SMILES string of the molecule is CNCc1cc(OC)ccc1OCCCC(=O)OC. The molecular weight excluding hydrogens is 246 g/mol. The van der Waals surface area contributed by atoms with Crippen LogP contribution in [0.25, 0.3) is 0 Å². The molecule has 106 valence electrons. The number of methoxy groups -OCH3 is 2. The predicted molar refractivity (Wildman–Crippen MR) is 72.5 cm³/mol. The van der Waals surface area contributed by atoms with Gasteiger partial charge in [-0.1, -0.05) is 0 Å². The zero-order valence-electron chi connectivity index (χ0n) is 11.7. The van der Waals surface area contributed by atoms with E-state index in [1.54, 1.807) is 7.11 Å². The highest BCUT2D eigenvalue weighted by Crippen LogP contribution is 2.24. The molecule has 0 spiro atoms. The van der Waals surface area contributed by atoms with Crippen LogP contribution in [0.4, 0.5) is 0 Å². The summed E-state index contributed by atoms with van der Waals surface area (Å²) in [5, 5.41) is 3.08. The molecule has 0 aliphatic carbocycles. The molecule has 0 fully saturated rings. The highest BCUT2D eigenvalue weighted by molar-refractivity contribution is 5.69. The molecule has 19 heavy (non-hydrogen) atoms. The minimum absolute atomic E-state index is 0.214. The quantitative estimate of drug-likeness (QED) is 0.574. The van der Waals surface area contributed by atoms with Gasteiger partial charge in [-0.05, 0) is 31.7 Å². The third-order valence-electron chi connectivity index (χ3n) is 2.65. The number of nitrogens with one attached hydrogen (secondary N) is 1. The summed E-state index contributed by atoms with van der Waals surface area (Å²) < 4.78 is 15.4. The van der Waals surface area contributed by atoms with Crippen LogP contribution in [-0.4, -0.2) is 33.8 Å². The Hall–Kier alpha value is -1.75. The standard InChI is InChI=1S/C14H21NO4/c1-15-10-11-9-12(17-2)6-7-13(11)19-8-4-5-14(16)18-3/h6-7,9,15H,4-5,8,10H2,1-3H3. The van der Waals surface area contributed by atoms with Crippen molar-refractivity contribution in [2.75, 3.05) is 27.9 Å². The highest BCUT2D eigenvalue weighted by atomic mass is 16.5. The van der Waals surface area contributed by atoms with Crippen molar-refractivity contribution in [3.8, 4) is 11.5 Å². The molecule has 0 aromatic heterocycles. The van der Waals surface area contributed by atoms with Gasteiger partial charge in [-0.25, -0.2) is 0 Å². The second kappa shape index (κ2) is 8.37. The van der Waals surface area contributed by atoms with Gasteiger partial charge in [0, 0.05) is 18.5 Å². The maximum absolute atomic E-state index is 11.0. The van der Waals surface area contributed by atoms with Crippen LogP contribution < -0.4 is 14.8 Å². The molecule has 0 aliphatic heterocycles. The molecule has 1 aromatic rings. The molecule has 1 aromatic carbocycles. The minimum atomic E-state index is -0.214. The van der Waals surface area contributed by atoms with Gasteiger partial charge in [0.15, 0.2) is 0 Å². The number of carbonyl (C=O) groups is 1. The summed E-state index contributed by atoms with van der Waals surface area (Å²) in [6.07, 6.45) is 1.01. The molecule has 1 rings (SSSR count). The molecule has 0 heterocycles. The van der Waals surface area contributed by atoms with Gasteiger partial charge < -0.3 is 19.5 Å². The normalized spacial score (nSPS) is 10.1. The third-order valence-corrected chi connectivity index (χ3v) is 2.65. The second-order valence-corrected chi connectivity index (χ2v) is 4.03. The molecule has 0 bridgehead atoms. The maximum Gasteiger partial charge on any atom is 0.305 e. The van der Waals surface area contributed by atoms with Gasteiger partial charge >= 0.3 is 5.97 Å². The topological polar surface area (TPSA) is 56.8 Å². The molecule has 1 N–H and O–H groups in total. The lowest BCUT2D eigenvalue weighted by Crippen LogP contribution is -2.09. The van der Waals surface area contributed by atoms with E-state index in [2.05, 4.69) is 10.1 Å². The summed E-state index contributed by atoms with van der Waals surface area (Å²) >= 11 is 0. The van der Waals surface area contributed by atoms with E-state index in [0.717, 1.165) is 17.1 Å². The van der Waals surface area contributed by atoms with E-state index in [1.807, 2.05) is 25.2 Å². The summed E-state index contributed by atoms with van der Waals surface area (Å²) in [7, 11) is 4.90. The monoisotopic (exact) mass is 267 g/mol. The van der Waals surface area contributed by atoms with Gasteiger partial charge in [0.25, 0.3) is 0 Å². The summed E-state index contributed by atoms with van der Waals surface area (Å²) in [4.78, 5) is 11.0. The van der Waals surface area contributed by atoms with Gasteiger partial charge in [-0.15, -0.1) is 0 Å². The van der Waals surface area contributed by atoms with Crippen LogP contribution in [-0.2, 0) is 16.1 Å². The molecule has 0 amide bonds. The average molecular weight is 267 g/mol. The van der Waals surface area contributed by atoms with Crippen LogP contribution >= 0.6 is 0 Å². The first-order valence-corrected chi connectivity index (χ1v) is 6.22. The molecule has 0 unspecified atom stereocenters. The van der Waals surface area contributed by atoms with Crippen LogP contribution in [0.1, 0.15) is 18.4 Å². The number of ether oxygens (including phenoxy) is 3. The Bertz CT molecular complexity index is 406. The van der Waals surface area contributed by atoms with Crippen molar-refractivity contribution < 1.29 is 19.0 Å². The molecule has 0 aliphatic rings. The summed E-state index contributed by atoms with van der Waals surface area (Å²) in [6, 6.07) is 5.67. The second-order valence-electron chi connectivity index (χ2n) is 4.03. The number of esters is 1. The lowest BCUT2D eigenvalue weighted by Gasteiger charge is -2.12. The fourth-order valence-corrected chi connectivity index (χ4v) is 1.65. The van der Waals surface area contributed by atoms with Crippen molar-refractivity contribution in [2.24, 2.45) is 0 Å². The number of rotatable bonds is 8. The van der Waals surface area contributed by atoms with E-state index in [4.69, 9.17) is 9.47 Å². The highest BCUT2D eigenvalue weighted by Gasteiger charge is 2.06. The van der Waals surface area contributed by atoms with E-state index < -0.39 is 0 Å². The van der Waals surface area contributed by atoms with Crippen LogP contribution in [0, 0.1) is 0 Å². The van der Waals surface area contributed by atoms with E-state index in [1.165, 1.54) is 7.11 Å². The minimum Gasteiger partial charge on any atom is -0.497 e. The van der Waals surface area contributed by atoms with Crippen molar-refractivity contribution in [3.05, 3.63) is 23.8 Å². The van der Waals surface area contributed by atoms with Crippen molar-refractivity contribution >= 4 is 5.97 Å². The lowest BCUT2D eigenvalue weighted by atomic mass is 10.2. The molecule has 0 atom stereocenters. The Kier molecular flexibility index (Phi) is 6.74. The Morgan fingerprint density at radius 3 is 2.74 bits per heavy atom. The fourth-order valence-electron chi connectivity index (χ4n) is 1.65. The van der Waals surface area contributed by atoms with E-state index in [9.17, 15) is 4.79 Å². The first kappa shape index (κ1) is 15.3. The van der Waals surface area contributed by atoms with E-state index >= 15 is 0 Å². The number of hydrogen-bond donors (Lipinski definition) is 1. The van der Waals surface area contributed by atoms with Crippen molar-refractivity contribution in [1.82, 2.24) is 5.32 Å². The number of hydrogen-bond acceptors (Lipinski definition) is 5. The first-order valence-electron chi connectivity index (χ1n) is 6.22. The van der Waals surface area contributed by atoms with Crippen LogP contribution in [0.3, 0.4) is 0 Å². The van der Waals surface area contributed by atoms with Crippen LogP contribution in [0.2, 0.25) is 0 Å². The van der Waals surface area contributed by atoms with Crippen LogP contribution in [0.15, 0.2) is 18.2 Å². The zero-order chi connectivity index (χ0) is 14.1. The maximum atomic E-state index is 11.0. The van der Waals surface area contributed by atoms with E-state index in [0.29, 0.717) is 26.0 Å². The first-order chi connectivity index (χ1) is 9.21. The molecule has 0 saturated heterocycles. The zero-order valence-corrected chi connectivity index (χ0v) is 11.7. The number of carbonyl (C=O) groups excluding carboxylic acids is 1.